The molecule has 3 rings (SSSR count). The van der Waals surface area contributed by atoms with E-state index < -0.39 is 0 Å². The SMILES string of the molecule is c1ccc2c(c1)CCC1OCON21. The van der Waals surface area contributed by atoms with Crippen molar-refractivity contribution >= 4 is 5.69 Å². The van der Waals surface area contributed by atoms with Crippen molar-refractivity contribution in [2.45, 2.75) is 19.1 Å². The van der Waals surface area contributed by atoms with Crippen LogP contribution in [0.2, 0.25) is 0 Å². The zero-order chi connectivity index (χ0) is 8.67. The zero-order valence-corrected chi connectivity index (χ0v) is 7.27. The maximum absolute atomic E-state index is 5.42. The summed E-state index contributed by atoms with van der Waals surface area (Å²) in [7, 11) is 0. The van der Waals surface area contributed by atoms with E-state index in [4.69, 9.17) is 9.57 Å². The lowest BCUT2D eigenvalue weighted by atomic mass is 10.0. The highest BCUT2D eigenvalue weighted by Crippen LogP contribution is 2.33. The number of ether oxygens (including phenoxy) is 1. The van der Waals surface area contributed by atoms with E-state index in [1.54, 1.807) is 0 Å². The van der Waals surface area contributed by atoms with Gasteiger partial charge in [0, 0.05) is 0 Å². The van der Waals surface area contributed by atoms with Gasteiger partial charge in [-0.3, -0.25) is 0 Å². The quantitative estimate of drug-likeness (QED) is 0.602. The number of hydrogen-bond donors (Lipinski definition) is 0. The molecule has 2 aliphatic heterocycles. The van der Waals surface area contributed by atoms with Crippen molar-refractivity contribution in [1.29, 1.82) is 0 Å². The minimum Gasteiger partial charge on any atom is -0.328 e. The van der Waals surface area contributed by atoms with E-state index in [1.807, 2.05) is 11.1 Å². The van der Waals surface area contributed by atoms with Gasteiger partial charge < -0.3 is 4.74 Å². The Kier molecular flexibility index (Phi) is 1.54. The molecule has 1 unspecified atom stereocenters. The highest BCUT2D eigenvalue weighted by atomic mass is 16.8. The summed E-state index contributed by atoms with van der Waals surface area (Å²) in [5.74, 6) is 0. The second kappa shape index (κ2) is 2.72. The summed E-state index contributed by atoms with van der Waals surface area (Å²) in [6, 6.07) is 8.32. The second-order valence-corrected chi connectivity index (χ2v) is 3.36. The average molecular weight is 177 g/mol. The van der Waals surface area contributed by atoms with Crippen molar-refractivity contribution in [3.63, 3.8) is 0 Å². The van der Waals surface area contributed by atoms with Crippen molar-refractivity contribution in [2.24, 2.45) is 0 Å². The van der Waals surface area contributed by atoms with E-state index >= 15 is 0 Å². The topological polar surface area (TPSA) is 21.7 Å². The van der Waals surface area contributed by atoms with E-state index in [2.05, 4.69) is 18.2 Å². The first-order chi connectivity index (χ1) is 6.45. The van der Waals surface area contributed by atoms with Crippen molar-refractivity contribution in [2.75, 3.05) is 11.9 Å². The summed E-state index contributed by atoms with van der Waals surface area (Å²) in [6.07, 6.45) is 2.24. The largest absolute Gasteiger partial charge is 0.328 e. The molecule has 3 nitrogen and oxygen atoms in total. The molecular formula is C10H11NO2. The molecule has 0 amide bonds. The molecule has 0 spiro atoms. The normalized spacial score (nSPS) is 25.5. The maximum atomic E-state index is 5.42. The van der Waals surface area contributed by atoms with Crippen LogP contribution in [0.25, 0.3) is 0 Å². The third-order valence-electron chi connectivity index (χ3n) is 2.60. The first kappa shape index (κ1) is 7.35. The van der Waals surface area contributed by atoms with Gasteiger partial charge in [0.15, 0.2) is 13.0 Å². The van der Waals surface area contributed by atoms with Gasteiger partial charge in [0.25, 0.3) is 0 Å². The fraction of sp³-hybridized carbons (Fsp3) is 0.400. The Labute approximate surface area is 76.8 Å². The smallest absolute Gasteiger partial charge is 0.176 e. The molecule has 1 aromatic carbocycles. The molecule has 1 saturated heterocycles. The number of hydrogen-bond acceptors (Lipinski definition) is 3. The van der Waals surface area contributed by atoms with Gasteiger partial charge in [0.1, 0.15) is 0 Å². The monoisotopic (exact) mass is 177 g/mol. The summed E-state index contributed by atoms with van der Waals surface area (Å²) in [6.45, 7) is 0.388. The summed E-state index contributed by atoms with van der Waals surface area (Å²) >= 11 is 0. The van der Waals surface area contributed by atoms with Gasteiger partial charge in [-0.15, -0.1) is 0 Å². The van der Waals surface area contributed by atoms with E-state index in [1.165, 1.54) is 5.56 Å². The number of para-hydroxylation sites is 1. The van der Waals surface area contributed by atoms with E-state index in [9.17, 15) is 0 Å². The second-order valence-electron chi connectivity index (χ2n) is 3.36. The zero-order valence-electron chi connectivity index (χ0n) is 7.27. The summed E-state index contributed by atoms with van der Waals surface area (Å²) in [4.78, 5) is 5.39. The van der Waals surface area contributed by atoms with Crippen molar-refractivity contribution in [3.8, 4) is 0 Å². The van der Waals surface area contributed by atoms with E-state index in [0.29, 0.717) is 6.79 Å². The Morgan fingerprint density at radius 2 is 2.23 bits per heavy atom. The predicted molar refractivity (Wildman–Crippen MR) is 48.1 cm³/mol. The number of aryl methyl sites for hydroxylation is 1. The minimum atomic E-state index is 0.134. The van der Waals surface area contributed by atoms with Crippen LogP contribution < -0.4 is 5.06 Å². The molecule has 13 heavy (non-hydrogen) atoms. The lowest BCUT2D eigenvalue weighted by Gasteiger charge is -2.29. The third kappa shape index (κ3) is 1.04. The van der Waals surface area contributed by atoms with Crippen LogP contribution in [0.4, 0.5) is 5.69 Å². The molecule has 1 aromatic rings. The van der Waals surface area contributed by atoms with Crippen molar-refractivity contribution in [1.82, 2.24) is 0 Å². The van der Waals surface area contributed by atoms with Crippen LogP contribution in [0.3, 0.4) is 0 Å². The molecule has 3 heteroatoms. The first-order valence-corrected chi connectivity index (χ1v) is 4.57. The number of nitrogens with zero attached hydrogens (tertiary/aromatic N) is 1. The Hall–Kier alpha value is -1.06. The van der Waals surface area contributed by atoms with Crippen LogP contribution in [0, 0.1) is 0 Å². The number of benzene rings is 1. The van der Waals surface area contributed by atoms with Gasteiger partial charge in [-0.25, -0.2) is 9.90 Å². The number of anilines is 1. The molecule has 0 saturated carbocycles. The van der Waals surface area contributed by atoms with Gasteiger partial charge in [0.05, 0.1) is 5.69 Å². The van der Waals surface area contributed by atoms with Crippen molar-refractivity contribution in [3.05, 3.63) is 29.8 Å². The standard InChI is InChI=1S/C10H11NO2/c1-2-4-9-8(3-1)5-6-10-11(9)13-7-12-10/h1-4,10H,5-7H2. The Balaban J connectivity index is 2.06. The molecule has 0 bridgehead atoms. The van der Waals surface area contributed by atoms with Crippen LogP contribution >= 0.6 is 0 Å². The minimum absolute atomic E-state index is 0.134. The van der Waals surface area contributed by atoms with Gasteiger partial charge in [-0.1, -0.05) is 18.2 Å². The summed E-state index contributed by atoms with van der Waals surface area (Å²) in [5.41, 5.74) is 2.51. The van der Waals surface area contributed by atoms with Crippen LogP contribution in [0.5, 0.6) is 0 Å². The third-order valence-corrected chi connectivity index (χ3v) is 2.60. The molecule has 2 heterocycles. The van der Waals surface area contributed by atoms with E-state index in [-0.39, 0.29) is 6.23 Å². The highest BCUT2D eigenvalue weighted by Gasteiger charge is 2.31. The number of hydroxylamine groups is 1. The molecule has 0 aromatic heterocycles. The van der Waals surface area contributed by atoms with E-state index in [0.717, 1.165) is 18.5 Å². The number of fused-ring (bicyclic) bond motifs is 3. The summed E-state index contributed by atoms with van der Waals surface area (Å²) in [5, 5.41) is 1.89. The Bertz CT molecular complexity index is 326. The highest BCUT2D eigenvalue weighted by molar-refractivity contribution is 5.54. The van der Waals surface area contributed by atoms with Gasteiger partial charge in [-0.05, 0) is 24.5 Å². The predicted octanol–water partition coefficient (Wildman–Crippen LogP) is 1.68. The molecule has 0 aliphatic carbocycles. The summed E-state index contributed by atoms with van der Waals surface area (Å²) < 4.78 is 5.42. The molecule has 1 atom stereocenters. The van der Waals surface area contributed by atoms with Gasteiger partial charge in [-0.2, -0.15) is 0 Å². The van der Waals surface area contributed by atoms with Crippen molar-refractivity contribution < 1.29 is 9.57 Å². The Morgan fingerprint density at radius 1 is 1.31 bits per heavy atom. The Morgan fingerprint density at radius 3 is 3.23 bits per heavy atom. The molecule has 0 N–H and O–H groups in total. The van der Waals surface area contributed by atoms with Crippen LogP contribution in [0.15, 0.2) is 24.3 Å². The molecule has 2 aliphatic rings. The first-order valence-electron chi connectivity index (χ1n) is 4.57. The fourth-order valence-corrected chi connectivity index (χ4v) is 1.96. The average Bonchev–Trinajstić information content (AvgIpc) is 2.65. The van der Waals surface area contributed by atoms with Gasteiger partial charge in [0.2, 0.25) is 0 Å². The lowest BCUT2D eigenvalue weighted by Crippen LogP contribution is -2.33. The fourth-order valence-electron chi connectivity index (χ4n) is 1.96. The van der Waals surface area contributed by atoms with Gasteiger partial charge >= 0.3 is 0 Å². The maximum Gasteiger partial charge on any atom is 0.176 e. The van der Waals surface area contributed by atoms with Crippen LogP contribution in [-0.4, -0.2) is 13.0 Å². The van der Waals surface area contributed by atoms with Crippen LogP contribution in [-0.2, 0) is 16.0 Å². The molecule has 1 fully saturated rings. The van der Waals surface area contributed by atoms with Crippen LogP contribution in [0.1, 0.15) is 12.0 Å². The molecular weight excluding hydrogens is 166 g/mol. The molecule has 0 radical (unpaired) electrons. The lowest BCUT2D eigenvalue weighted by molar-refractivity contribution is 0.0438. The molecule has 68 valence electrons. The number of rotatable bonds is 0.